The second-order valence-corrected chi connectivity index (χ2v) is 3.75. The Kier molecular flexibility index (Phi) is 4.16. The number of nitrogens with one attached hydrogen (secondary N) is 1. The second-order valence-electron chi connectivity index (χ2n) is 3.75. The Morgan fingerprint density at radius 1 is 1.27 bits per heavy atom. The van der Waals surface area contributed by atoms with E-state index >= 15 is 0 Å². The van der Waals surface area contributed by atoms with E-state index in [1.165, 1.54) is 0 Å². The normalized spacial score (nSPS) is 11.7. The van der Waals surface area contributed by atoms with Crippen LogP contribution in [0.25, 0.3) is 0 Å². The summed E-state index contributed by atoms with van der Waals surface area (Å²) in [6.07, 6.45) is 0. The summed E-state index contributed by atoms with van der Waals surface area (Å²) >= 11 is 0. The van der Waals surface area contributed by atoms with E-state index in [1.54, 1.807) is 7.11 Å². The summed E-state index contributed by atoms with van der Waals surface area (Å²) in [4.78, 5) is 0. The molecule has 1 aromatic carbocycles. The van der Waals surface area contributed by atoms with Crippen LogP contribution in [0.15, 0.2) is 29.4 Å². The quantitative estimate of drug-likeness (QED) is 0.606. The summed E-state index contributed by atoms with van der Waals surface area (Å²) in [5.74, 6) is 1.32. The van der Waals surface area contributed by atoms with Gasteiger partial charge in [-0.3, -0.25) is 5.43 Å². The van der Waals surface area contributed by atoms with Gasteiger partial charge in [-0.1, -0.05) is 13.8 Å². The molecular weight excluding hydrogens is 188 g/mol. The molecule has 0 aromatic heterocycles. The van der Waals surface area contributed by atoms with E-state index in [2.05, 4.69) is 24.4 Å². The van der Waals surface area contributed by atoms with Crippen LogP contribution in [0.3, 0.4) is 0 Å². The van der Waals surface area contributed by atoms with Crippen LogP contribution in [0.2, 0.25) is 0 Å². The molecule has 0 radical (unpaired) electrons. The Bertz CT molecular complexity index is 328. The molecule has 1 aromatic rings. The number of anilines is 1. The number of hydrogen-bond donors (Lipinski definition) is 1. The van der Waals surface area contributed by atoms with Gasteiger partial charge in [-0.2, -0.15) is 5.10 Å². The second kappa shape index (κ2) is 5.39. The monoisotopic (exact) mass is 206 g/mol. The zero-order valence-corrected chi connectivity index (χ0v) is 9.74. The van der Waals surface area contributed by atoms with Crippen molar-refractivity contribution in [3.05, 3.63) is 24.3 Å². The number of hydrogen-bond acceptors (Lipinski definition) is 3. The highest BCUT2D eigenvalue weighted by Gasteiger charge is 1.97. The van der Waals surface area contributed by atoms with E-state index in [4.69, 9.17) is 4.74 Å². The van der Waals surface area contributed by atoms with Crippen molar-refractivity contribution in [2.45, 2.75) is 20.8 Å². The van der Waals surface area contributed by atoms with Crippen LogP contribution in [0.4, 0.5) is 5.69 Å². The zero-order chi connectivity index (χ0) is 11.3. The van der Waals surface area contributed by atoms with Gasteiger partial charge in [-0.15, -0.1) is 0 Å². The van der Waals surface area contributed by atoms with Gasteiger partial charge in [-0.25, -0.2) is 0 Å². The lowest BCUT2D eigenvalue weighted by Crippen LogP contribution is -2.04. The van der Waals surface area contributed by atoms with E-state index in [-0.39, 0.29) is 0 Å². The van der Waals surface area contributed by atoms with Crippen molar-refractivity contribution < 1.29 is 4.74 Å². The largest absolute Gasteiger partial charge is 0.497 e. The maximum Gasteiger partial charge on any atom is 0.119 e. The molecule has 0 aliphatic rings. The molecule has 82 valence electrons. The van der Waals surface area contributed by atoms with Gasteiger partial charge in [-0.05, 0) is 37.1 Å². The van der Waals surface area contributed by atoms with Crippen molar-refractivity contribution in [2.24, 2.45) is 11.0 Å². The first-order valence-electron chi connectivity index (χ1n) is 5.07. The van der Waals surface area contributed by atoms with Crippen molar-refractivity contribution in [2.75, 3.05) is 12.5 Å². The van der Waals surface area contributed by atoms with Crippen molar-refractivity contribution in [1.82, 2.24) is 0 Å². The minimum Gasteiger partial charge on any atom is -0.497 e. The third kappa shape index (κ3) is 3.62. The van der Waals surface area contributed by atoms with E-state index in [0.717, 1.165) is 17.1 Å². The predicted molar refractivity (Wildman–Crippen MR) is 64.6 cm³/mol. The highest BCUT2D eigenvalue weighted by atomic mass is 16.5. The molecule has 0 saturated carbocycles. The van der Waals surface area contributed by atoms with Gasteiger partial charge >= 0.3 is 0 Å². The maximum atomic E-state index is 5.07. The molecule has 0 amide bonds. The molecule has 0 aliphatic carbocycles. The average Bonchev–Trinajstić information content (AvgIpc) is 2.26. The summed E-state index contributed by atoms with van der Waals surface area (Å²) in [6, 6.07) is 7.69. The Hall–Kier alpha value is -1.51. The van der Waals surface area contributed by atoms with Crippen molar-refractivity contribution in [3.63, 3.8) is 0 Å². The van der Waals surface area contributed by atoms with Crippen LogP contribution in [0.1, 0.15) is 20.8 Å². The first-order valence-corrected chi connectivity index (χ1v) is 5.07. The third-order valence-corrected chi connectivity index (χ3v) is 2.29. The van der Waals surface area contributed by atoms with Gasteiger partial charge in [0.15, 0.2) is 0 Å². The SMILES string of the molecule is COc1ccc(NN=C(C)C(C)C)cc1. The molecular formula is C12H18N2O. The summed E-state index contributed by atoms with van der Waals surface area (Å²) in [5.41, 5.74) is 5.07. The maximum absolute atomic E-state index is 5.07. The fourth-order valence-corrected chi connectivity index (χ4v) is 0.947. The molecule has 3 nitrogen and oxygen atoms in total. The van der Waals surface area contributed by atoms with Crippen molar-refractivity contribution in [3.8, 4) is 5.75 Å². The van der Waals surface area contributed by atoms with Gasteiger partial charge in [0.1, 0.15) is 5.75 Å². The van der Waals surface area contributed by atoms with Gasteiger partial charge < -0.3 is 4.74 Å². The molecule has 1 N–H and O–H groups in total. The Labute approximate surface area is 91.1 Å². The van der Waals surface area contributed by atoms with Crippen molar-refractivity contribution >= 4 is 11.4 Å². The fourth-order valence-electron chi connectivity index (χ4n) is 0.947. The Morgan fingerprint density at radius 3 is 2.33 bits per heavy atom. The highest BCUT2D eigenvalue weighted by molar-refractivity contribution is 5.84. The zero-order valence-electron chi connectivity index (χ0n) is 9.74. The first-order chi connectivity index (χ1) is 7.13. The number of methoxy groups -OCH3 is 1. The van der Waals surface area contributed by atoms with E-state index < -0.39 is 0 Å². The highest BCUT2D eigenvalue weighted by Crippen LogP contribution is 2.15. The predicted octanol–water partition coefficient (Wildman–Crippen LogP) is 3.14. The Morgan fingerprint density at radius 2 is 1.87 bits per heavy atom. The van der Waals surface area contributed by atoms with Crippen LogP contribution in [-0.4, -0.2) is 12.8 Å². The summed E-state index contributed by atoms with van der Waals surface area (Å²) in [7, 11) is 1.66. The number of nitrogens with zero attached hydrogens (tertiary/aromatic N) is 1. The third-order valence-electron chi connectivity index (χ3n) is 2.29. The number of ether oxygens (including phenoxy) is 1. The van der Waals surface area contributed by atoms with Gasteiger partial charge in [0, 0.05) is 5.71 Å². The smallest absolute Gasteiger partial charge is 0.119 e. The molecule has 0 atom stereocenters. The lowest BCUT2D eigenvalue weighted by atomic mass is 10.1. The number of rotatable bonds is 4. The minimum absolute atomic E-state index is 0.468. The molecule has 0 heterocycles. The Balaban J connectivity index is 2.62. The van der Waals surface area contributed by atoms with E-state index in [1.807, 2.05) is 31.2 Å². The topological polar surface area (TPSA) is 33.6 Å². The molecule has 0 bridgehead atoms. The lowest BCUT2D eigenvalue weighted by molar-refractivity contribution is 0.415. The number of hydrazone groups is 1. The van der Waals surface area contributed by atoms with Crippen LogP contribution in [0.5, 0.6) is 5.75 Å². The van der Waals surface area contributed by atoms with Gasteiger partial charge in [0.25, 0.3) is 0 Å². The molecule has 0 aliphatic heterocycles. The molecule has 0 saturated heterocycles. The van der Waals surface area contributed by atoms with Crippen LogP contribution in [0, 0.1) is 5.92 Å². The molecule has 0 spiro atoms. The minimum atomic E-state index is 0.468. The van der Waals surface area contributed by atoms with Crippen LogP contribution in [-0.2, 0) is 0 Å². The van der Waals surface area contributed by atoms with E-state index in [9.17, 15) is 0 Å². The fraction of sp³-hybridized carbons (Fsp3) is 0.417. The average molecular weight is 206 g/mol. The summed E-state index contributed by atoms with van der Waals surface area (Å²) < 4.78 is 5.07. The molecule has 15 heavy (non-hydrogen) atoms. The molecule has 1 rings (SSSR count). The first kappa shape index (κ1) is 11.6. The van der Waals surface area contributed by atoms with Gasteiger partial charge in [0.2, 0.25) is 0 Å². The summed E-state index contributed by atoms with van der Waals surface area (Å²) in [6.45, 7) is 6.25. The van der Waals surface area contributed by atoms with E-state index in [0.29, 0.717) is 5.92 Å². The van der Waals surface area contributed by atoms with Gasteiger partial charge in [0.05, 0.1) is 12.8 Å². The molecule has 0 unspecified atom stereocenters. The standard InChI is InChI=1S/C12H18N2O/c1-9(2)10(3)13-14-11-5-7-12(15-4)8-6-11/h5-9,14H,1-4H3. The number of benzene rings is 1. The van der Waals surface area contributed by atoms with Crippen LogP contribution < -0.4 is 10.2 Å². The molecule has 3 heteroatoms. The van der Waals surface area contributed by atoms with Crippen LogP contribution >= 0.6 is 0 Å². The summed E-state index contributed by atoms with van der Waals surface area (Å²) in [5, 5.41) is 4.28. The van der Waals surface area contributed by atoms with Crippen molar-refractivity contribution in [1.29, 1.82) is 0 Å². The lowest BCUT2D eigenvalue weighted by Gasteiger charge is -2.06. The molecule has 0 fully saturated rings.